The summed E-state index contributed by atoms with van der Waals surface area (Å²) >= 11 is 0. The molecule has 0 saturated heterocycles. The number of hydrogen-bond donors (Lipinski definition) is 3. The van der Waals surface area contributed by atoms with Gasteiger partial charge in [0.15, 0.2) is 0 Å². The van der Waals surface area contributed by atoms with Gasteiger partial charge in [-0.3, -0.25) is 0 Å². The lowest BCUT2D eigenvalue weighted by atomic mass is 10.1. The van der Waals surface area contributed by atoms with Gasteiger partial charge in [0, 0.05) is 6.54 Å². The molecule has 0 bridgehead atoms. The van der Waals surface area contributed by atoms with Gasteiger partial charge >= 0.3 is 0 Å². The maximum atomic E-state index is 9.19. The second-order valence-corrected chi connectivity index (χ2v) is 4.22. The molecule has 0 aromatic heterocycles. The summed E-state index contributed by atoms with van der Waals surface area (Å²) in [6.07, 6.45) is 0.816. The first kappa shape index (κ1) is 12.8. The second-order valence-electron chi connectivity index (χ2n) is 4.22. The summed E-state index contributed by atoms with van der Waals surface area (Å²) in [4.78, 5) is 0. The molecular formula is C15H15N3O. The predicted molar refractivity (Wildman–Crippen MR) is 75.9 cm³/mol. The molecule has 0 radical (unpaired) electrons. The molecule has 4 heteroatoms. The number of benzene rings is 2. The number of nitrogens with one attached hydrogen (secondary N) is 1. The van der Waals surface area contributed by atoms with E-state index in [9.17, 15) is 5.11 Å². The van der Waals surface area contributed by atoms with Crippen LogP contribution in [0.4, 0.5) is 11.4 Å². The summed E-state index contributed by atoms with van der Waals surface area (Å²) in [5.74, 6) is 0.266. The molecule has 2 aromatic rings. The van der Waals surface area contributed by atoms with Crippen molar-refractivity contribution in [3.05, 3.63) is 53.6 Å². The summed E-state index contributed by atoms with van der Waals surface area (Å²) in [6, 6.07) is 14.5. The van der Waals surface area contributed by atoms with Crippen LogP contribution in [-0.2, 0) is 6.42 Å². The van der Waals surface area contributed by atoms with Gasteiger partial charge in [0.05, 0.1) is 16.9 Å². The summed E-state index contributed by atoms with van der Waals surface area (Å²) in [7, 11) is 0. The summed E-state index contributed by atoms with van der Waals surface area (Å²) < 4.78 is 0. The number of nitriles is 1. The maximum absolute atomic E-state index is 9.19. The van der Waals surface area contributed by atoms with E-state index < -0.39 is 0 Å². The van der Waals surface area contributed by atoms with Gasteiger partial charge in [-0.2, -0.15) is 5.26 Å². The fourth-order valence-electron chi connectivity index (χ4n) is 1.82. The third kappa shape index (κ3) is 3.17. The second kappa shape index (κ2) is 5.78. The molecule has 4 nitrogen and oxygen atoms in total. The number of phenolic OH excluding ortho intramolecular Hbond substituents is 1. The normalized spacial score (nSPS) is 9.84. The number of nitrogen functional groups attached to an aromatic ring is 1. The number of rotatable bonds is 4. The Bertz CT molecular complexity index is 600. The van der Waals surface area contributed by atoms with Crippen molar-refractivity contribution in [2.75, 3.05) is 17.6 Å². The van der Waals surface area contributed by atoms with Crippen LogP contribution in [0.2, 0.25) is 0 Å². The van der Waals surface area contributed by atoms with Crippen molar-refractivity contribution in [1.29, 1.82) is 5.26 Å². The minimum atomic E-state index is 0.266. The third-order valence-corrected chi connectivity index (χ3v) is 2.89. The van der Waals surface area contributed by atoms with E-state index in [4.69, 9.17) is 11.0 Å². The molecule has 0 aliphatic carbocycles. The molecular weight excluding hydrogens is 238 g/mol. The fourth-order valence-corrected chi connectivity index (χ4v) is 1.82. The lowest BCUT2D eigenvalue weighted by Gasteiger charge is -2.10. The number of nitrogens with two attached hydrogens (primary N) is 1. The first-order valence-electron chi connectivity index (χ1n) is 6.01. The average molecular weight is 253 g/mol. The first-order valence-corrected chi connectivity index (χ1v) is 6.01. The van der Waals surface area contributed by atoms with Gasteiger partial charge in [-0.05, 0) is 36.2 Å². The van der Waals surface area contributed by atoms with E-state index in [1.54, 1.807) is 24.3 Å². The molecule has 0 amide bonds. The van der Waals surface area contributed by atoms with E-state index in [1.165, 1.54) is 0 Å². The third-order valence-electron chi connectivity index (χ3n) is 2.89. The van der Waals surface area contributed by atoms with E-state index in [-0.39, 0.29) is 5.75 Å². The quantitative estimate of drug-likeness (QED) is 0.731. The van der Waals surface area contributed by atoms with Gasteiger partial charge in [0.2, 0.25) is 0 Å². The Balaban J connectivity index is 1.96. The molecule has 0 atom stereocenters. The predicted octanol–water partition coefficient (Wildman–Crippen LogP) is 2.50. The van der Waals surface area contributed by atoms with Crippen molar-refractivity contribution in [3.63, 3.8) is 0 Å². The SMILES string of the molecule is N#Cc1cccc(NCCc2ccc(O)cc2)c1N. The van der Waals surface area contributed by atoms with Crippen LogP contribution in [0.3, 0.4) is 0 Å². The lowest BCUT2D eigenvalue weighted by molar-refractivity contribution is 0.475. The lowest BCUT2D eigenvalue weighted by Crippen LogP contribution is -2.07. The van der Waals surface area contributed by atoms with Crippen LogP contribution in [-0.4, -0.2) is 11.7 Å². The van der Waals surface area contributed by atoms with Crippen LogP contribution in [0.5, 0.6) is 5.75 Å². The molecule has 19 heavy (non-hydrogen) atoms. The highest BCUT2D eigenvalue weighted by Gasteiger charge is 2.03. The van der Waals surface area contributed by atoms with E-state index in [1.807, 2.05) is 18.2 Å². The summed E-state index contributed by atoms with van der Waals surface area (Å²) in [5.41, 5.74) is 8.74. The van der Waals surface area contributed by atoms with Crippen molar-refractivity contribution >= 4 is 11.4 Å². The summed E-state index contributed by atoms with van der Waals surface area (Å²) in [6.45, 7) is 0.712. The number of phenols is 1. The highest BCUT2D eigenvalue weighted by atomic mass is 16.3. The molecule has 0 spiro atoms. The Labute approximate surface area is 112 Å². The number of hydrogen-bond acceptors (Lipinski definition) is 4. The smallest absolute Gasteiger partial charge is 0.115 e. The highest BCUT2D eigenvalue weighted by molar-refractivity contribution is 5.72. The maximum Gasteiger partial charge on any atom is 0.115 e. The Hall–Kier alpha value is -2.67. The molecule has 96 valence electrons. The Morgan fingerprint density at radius 1 is 1.16 bits per heavy atom. The zero-order valence-corrected chi connectivity index (χ0v) is 10.4. The van der Waals surface area contributed by atoms with Crippen LogP contribution in [0.15, 0.2) is 42.5 Å². The van der Waals surface area contributed by atoms with Gasteiger partial charge in [0.25, 0.3) is 0 Å². The highest BCUT2D eigenvalue weighted by Crippen LogP contribution is 2.21. The molecule has 0 aliphatic heterocycles. The van der Waals surface area contributed by atoms with Gasteiger partial charge in [-0.1, -0.05) is 18.2 Å². The van der Waals surface area contributed by atoms with Crippen molar-refractivity contribution in [3.8, 4) is 11.8 Å². The van der Waals surface area contributed by atoms with Crippen LogP contribution in [0.1, 0.15) is 11.1 Å². The zero-order valence-electron chi connectivity index (χ0n) is 10.4. The molecule has 4 N–H and O–H groups in total. The first-order chi connectivity index (χ1) is 9.20. The molecule has 0 fully saturated rings. The monoisotopic (exact) mass is 253 g/mol. The Kier molecular flexibility index (Phi) is 3.89. The standard InChI is InChI=1S/C15H15N3O/c16-10-12-2-1-3-14(15(12)17)18-9-8-11-4-6-13(19)7-5-11/h1-7,18-19H,8-9,17H2. The minimum absolute atomic E-state index is 0.266. The minimum Gasteiger partial charge on any atom is -0.508 e. The number of aromatic hydroxyl groups is 1. The van der Waals surface area contributed by atoms with E-state index in [0.29, 0.717) is 17.8 Å². The van der Waals surface area contributed by atoms with Gasteiger partial charge < -0.3 is 16.2 Å². The van der Waals surface area contributed by atoms with Crippen LogP contribution in [0.25, 0.3) is 0 Å². The van der Waals surface area contributed by atoms with Gasteiger partial charge in [-0.25, -0.2) is 0 Å². The van der Waals surface area contributed by atoms with Crippen LogP contribution < -0.4 is 11.1 Å². The molecule has 0 aliphatic rings. The van der Waals surface area contributed by atoms with Crippen molar-refractivity contribution in [2.24, 2.45) is 0 Å². The van der Waals surface area contributed by atoms with E-state index in [0.717, 1.165) is 17.7 Å². The Morgan fingerprint density at radius 2 is 1.89 bits per heavy atom. The summed E-state index contributed by atoms with van der Waals surface area (Å²) in [5, 5.41) is 21.3. The number of anilines is 2. The van der Waals surface area contributed by atoms with Gasteiger partial charge in [-0.15, -0.1) is 0 Å². The number of nitrogens with zero attached hydrogens (tertiary/aromatic N) is 1. The van der Waals surface area contributed by atoms with Crippen LogP contribution in [0, 0.1) is 11.3 Å². The molecule has 2 rings (SSSR count). The molecule has 2 aromatic carbocycles. The largest absolute Gasteiger partial charge is 0.508 e. The fraction of sp³-hybridized carbons (Fsp3) is 0.133. The topological polar surface area (TPSA) is 82.1 Å². The van der Waals surface area contributed by atoms with E-state index in [2.05, 4.69) is 11.4 Å². The average Bonchev–Trinajstić information content (AvgIpc) is 2.43. The van der Waals surface area contributed by atoms with Crippen molar-refractivity contribution in [1.82, 2.24) is 0 Å². The number of para-hydroxylation sites is 1. The van der Waals surface area contributed by atoms with Gasteiger partial charge in [0.1, 0.15) is 11.8 Å². The molecule has 0 unspecified atom stereocenters. The zero-order chi connectivity index (χ0) is 13.7. The molecule has 0 saturated carbocycles. The molecule has 0 heterocycles. The Morgan fingerprint density at radius 3 is 2.58 bits per heavy atom. The van der Waals surface area contributed by atoms with Crippen LogP contribution >= 0.6 is 0 Å². The van der Waals surface area contributed by atoms with Crippen molar-refractivity contribution in [2.45, 2.75) is 6.42 Å². The van der Waals surface area contributed by atoms with Crippen molar-refractivity contribution < 1.29 is 5.11 Å². The van der Waals surface area contributed by atoms with E-state index >= 15 is 0 Å².